The molecule has 2 heterocycles. The zero-order valence-corrected chi connectivity index (χ0v) is 15.8. The lowest BCUT2D eigenvalue weighted by molar-refractivity contribution is 0.0942. The van der Waals surface area contributed by atoms with E-state index in [0.29, 0.717) is 6.04 Å². The molecule has 1 aliphatic rings. The van der Waals surface area contributed by atoms with Gasteiger partial charge in [-0.15, -0.1) is 11.3 Å². The molecule has 2 aromatic heterocycles. The van der Waals surface area contributed by atoms with Crippen molar-refractivity contribution in [1.29, 1.82) is 0 Å². The summed E-state index contributed by atoms with van der Waals surface area (Å²) in [7, 11) is 0. The van der Waals surface area contributed by atoms with Gasteiger partial charge in [0.25, 0.3) is 5.91 Å². The summed E-state index contributed by atoms with van der Waals surface area (Å²) in [6, 6.07) is 13.3. The predicted molar refractivity (Wildman–Crippen MR) is 105 cm³/mol. The topological polar surface area (TPSA) is 34.0 Å². The minimum absolute atomic E-state index is 0.0530. The summed E-state index contributed by atoms with van der Waals surface area (Å²) in [6.07, 6.45) is 2.21. The molecule has 3 aromatic rings. The van der Waals surface area contributed by atoms with Crippen molar-refractivity contribution in [3.63, 3.8) is 0 Å². The third-order valence-electron chi connectivity index (χ3n) is 4.83. The van der Waals surface area contributed by atoms with Gasteiger partial charge in [-0.05, 0) is 46.9 Å². The third kappa shape index (κ3) is 3.36. The van der Waals surface area contributed by atoms with E-state index in [2.05, 4.69) is 66.4 Å². The lowest BCUT2D eigenvalue weighted by atomic mass is 9.87. The van der Waals surface area contributed by atoms with Crippen LogP contribution in [0.3, 0.4) is 0 Å². The molecular formula is C21H24N2OS. The number of rotatable bonds is 4. The number of amides is 1. The molecule has 1 N–H and O–H groups in total. The smallest absolute Gasteiger partial charge is 0.268 e. The highest BCUT2D eigenvalue weighted by Crippen LogP contribution is 2.28. The average Bonchev–Trinajstić information content (AvgIpc) is 3.14. The Morgan fingerprint density at radius 1 is 1.20 bits per heavy atom. The Labute approximate surface area is 152 Å². The maximum atomic E-state index is 12.6. The fraction of sp³-hybridized carbons (Fsp3) is 0.381. The zero-order chi connectivity index (χ0) is 17.6. The van der Waals surface area contributed by atoms with Crippen LogP contribution in [0.1, 0.15) is 55.2 Å². The van der Waals surface area contributed by atoms with E-state index in [4.69, 9.17) is 0 Å². The van der Waals surface area contributed by atoms with Gasteiger partial charge in [0.05, 0.1) is 10.2 Å². The number of thiophene rings is 1. The van der Waals surface area contributed by atoms with Crippen LogP contribution in [0.4, 0.5) is 0 Å². The number of aromatic nitrogens is 1. The van der Waals surface area contributed by atoms with Crippen molar-refractivity contribution >= 4 is 27.5 Å². The van der Waals surface area contributed by atoms with Gasteiger partial charge >= 0.3 is 0 Å². The highest BCUT2D eigenvalue weighted by molar-refractivity contribution is 7.17. The molecule has 1 fully saturated rings. The van der Waals surface area contributed by atoms with E-state index in [9.17, 15) is 4.79 Å². The lowest BCUT2D eigenvalue weighted by Gasteiger charge is -2.19. The van der Waals surface area contributed by atoms with Crippen LogP contribution >= 0.6 is 11.3 Å². The highest BCUT2D eigenvalue weighted by atomic mass is 32.1. The number of hydrogen-bond acceptors (Lipinski definition) is 2. The maximum Gasteiger partial charge on any atom is 0.268 e. The second-order valence-corrected chi connectivity index (χ2v) is 8.93. The normalized spacial score (nSPS) is 14.8. The van der Waals surface area contributed by atoms with Crippen molar-refractivity contribution in [3.8, 4) is 0 Å². The number of carbonyl (C=O) groups excluding carboxylic acids is 1. The number of benzene rings is 1. The highest BCUT2D eigenvalue weighted by Gasteiger charge is 2.26. The molecule has 0 spiro atoms. The Hall–Kier alpha value is -2.07. The molecule has 0 bridgehead atoms. The van der Waals surface area contributed by atoms with Gasteiger partial charge in [-0.3, -0.25) is 4.79 Å². The van der Waals surface area contributed by atoms with Crippen molar-refractivity contribution in [2.24, 2.45) is 0 Å². The first-order chi connectivity index (χ1) is 11.9. The first-order valence-corrected chi connectivity index (χ1v) is 9.77. The molecule has 130 valence electrons. The van der Waals surface area contributed by atoms with Gasteiger partial charge in [-0.2, -0.15) is 0 Å². The molecule has 4 heteroatoms. The predicted octanol–water partition coefficient (Wildman–Crippen LogP) is 4.94. The Bertz CT molecular complexity index is 908. The van der Waals surface area contributed by atoms with E-state index in [-0.39, 0.29) is 11.3 Å². The molecule has 1 amide bonds. The summed E-state index contributed by atoms with van der Waals surface area (Å²) in [5.74, 6) is 0.0530. The van der Waals surface area contributed by atoms with Crippen molar-refractivity contribution in [3.05, 3.63) is 58.6 Å². The van der Waals surface area contributed by atoms with Crippen LogP contribution in [0.5, 0.6) is 0 Å². The summed E-state index contributed by atoms with van der Waals surface area (Å²) in [6.45, 7) is 7.40. The van der Waals surface area contributed by atoms with Gasteiger partial charge in [-0.1, -0.05) is 45.0 Å². The molecule has 0 radical (unpaired) electrons. The summed E-state index contributed by atoms with van der Waals surface area (Å²) < 4.78 is 3.32. The van der Waals surface area contributed by atoms with E-state index in [1.54, 1.807) is 11.3 Å². The number of carbonyl (C=O) groups is 1. The molecule has 25 heavy (non-hydrogen) atoms. The Kier molecular flexibility index (Phi) is 3.95. The number of fused-ring (bicyclic) bond motifs is 1. The Morgan fingerprint density at radius 3 is 2.56 bits per heavy atom. The molecular weight excluding hydrogens is 328 g/mol. The van der Waals surface area contributed by atoms with Crippen LogP contribution in [-0.4, -0.2) is 16.5 Å². The van der Waals surface area contributed by atoms with Crippen LogP contribution in [0.25, 0.3) is 10.2 Å². The first-order valence-electron chi connectivity index (χ1n) is 8.89. The Morgan fingerprint density at radius 2 is 1.92 bits per heavy atom. The molecule has 1 aromatic carbocycles. The van der Waals surface area contributed by atoms with E-state index in [1.807, 2.05) is 6.07 Å². The fourth-order valence-electron chi connectivity index (χ4n) is 3.12. The number of hydrogen-bond donors (Lipinski definition) is 1. The molecule has 1 saturated carbocycles. The summed E-state index contributed by atoms with van der Waals surface area (Å²) in [4.78, 5) is 12.6. The van der Waals surface area contributed by atoms with Gasteiger partial charge in [0, 0.05) is 12.6 Å². The molecule has 0 saturated heterocycles. The van der Waals surface area contributed by atoms with Crippen molar-refractivity contribution in [2.45, 2.75) is 51.6 Å². The van der Waals surface area contributed by atoms with Gasteiger partial charge in [-0.25, -0.2) is 0 Å². The van der Waals surface area contributed by atoms with Crippen LogP contribution in [0.15, 0.2) is 41.8 Å². The maximum absolute atomic E-state index is 12.6. The van der Waals surface area contributed by atoms with Crippen molar-refractivity contribution < 1.29 is 4.79 Å². The molecule has 0 atom stereocenters. The minimum atomic E-state index is 0.0530. The minimum Gasteiger partial charge on any atom is -0.348 e. The molecule has 1 aliphatic carbocycles. The standard InChI is InChI=1S/C21H24N2OS/c1-21(2,3)15-6-4-14(5-7-15)13-23-17-10-11-25-19(17)12-18(23)20(24)22-16-8-9-16/h4-7,10-12,16H,8-9,13H2,1-3H3,(H,22,24). The molecule has 4 rings (SSSR count). The number of nitrogens with zero attached hydrogens (tertiary/aromatic N) is 1. The second kappa shape index (κ2) is 6.03. The van der Waals surface area contributed by atoms with Crippen LogP contribution in [-0.2, 0) is 12.0 Å². The van der Waals surface area contributed by atoms with E-state index in [0.717, 1.165) is 30.6 Å². The number of nitrogens with one attached hydrogen (secondary N) is 1. The van der Waals surface area contributed by atoms with Gasteiger partial charge in [0.15, 0.2) is 0 Å². The van der Waals surface area contributed by atoms with Crippen LogP contribution < -0.4 is 5.32 Å². The summed E-state index contributed by atoms with van der Waals surface area (Å²) in [5, 5.41) is 5.21. The molecule has 3 nitrogen and oxygen atoms in total. The first kappa shape index (κ1) is 16.4. The van der Waals surface area contributed by atoms with Crippen molar-refractivity contribution in [2.75, 3.05) is 0 Å². The quantitative estimate of drug-likeness (QED) is 0.709. The molecule has 0 aliphatic heterocycles. The summed E-state index contributed by atoms with van der Waals surface area (Å²) >= 11 is 1.69. The van der Waals surface area contributed by atoms with Gasteiger partial charge in [0.1, 0.15) is 5.69 Å². The Balaban J connectivity index is 1.65. The average molecular weight is 353 g/mol. The van der Waals surface area contributed by atoms with Crippen molar-refractivity contribution in [1.82, 2.24) is 9.88 Å². The van der Waals surface area contributed by atoms with Crippen LogP contribution in [0, 0.1) is 0 Å². The van der Waals surface area contributed by atoms with E-state index >= 15 is 0 Å². The largest absolute Gasteiger partial charge is 0.348 e. The summed E-state index contributed by atoms with van der Waals surface area (Å²) in [5.41, 5.74) is 4.62. The van der Waals surface area contributed by atoms with E-state index in [1.165, 1.54) is 15.8 Å². The van der Waals surface area contributed by atoms with E-state index < -0.39 is 0 Å². The van der Waals surface area contributed by atoms with Gasteiger partial charge < -0.3 is 9.88 Å². The lowest BCUT2D eigenvalue weighted by Crippen LogP contribution is -2.27. The fourth-order valence-corrected chi connectivity index (χ4v) is 3.94. The zero-order valence-electron chi connectivity index (χ0n) is 15.0. The SMILES string of the molecule is CC(C)(C)c1ccc(Cn2c(C(=O)NC3CC3)cc3sccc32)cc1. The van der Waals surface area contributed by atoms with Gasteiger partial charge in [0.2, 0.25) is 0 Å². The third-order valence-corrected chi connectivity index (χ3v) is 5.68. The van der Waals surface area contributed by atoms with Crippen LogP contribution in [0.2, 0.25) is 0 Å². The monoisotopic (exact) mass is 352 g/mol. The molecule has 0 unspecified atom stereocenters. The second-order valence-electron chi connectivity index (χ2n) is 7.98.